The van der Waals surface area contributed by atoms with Crippen LogP contribution in [-0.2, 0) is 4.79 Å². The number of rotatable bonds is 3. The van der Waals surface area contributed by atoms with Gasteiger partial charge in [0, 0.05) is 6.20 Å². The van der Waals surface area contributed by atoms with Gasteiger partial charge in [-0.3, -0.25) is 9.59 Å². The molecule has 1 aromatic heterocycles. The van der Waals surface area contributed by atoms with Gasteiger partial charge in [-0.1, -0.05) is 0 Å². The van der Waals surface area contributed by atoms with Gasteiger partial charge in [-0.25, -0.2) is 9.37 Å². The van der Waals surface area contributed by atoms with Crippen LogP contribution in [0.1, 0.15) is 10.4 Å². The van der Waals surface area contributed by atoms with E-state index >= 15 is 0 Å². The average molecular weight is 212 g/mol. The number of hydrogen-bond donors (Lipinski definition) is 3. The highest BCUT2D eigenvalue weighted by molar-refractivity contribution is 5.96. The first kappa shape index (κ1) is 10.9. The molecule has 80 valence electrons. The number of nitrogens with two attached hydrogens (primary N) is 2. The molecule has 1 rings (SSSR count). The van der Waals surface area contributed by atoms with Gasteiger partial charge < -0.3 is 16.8 Å². The van der Waals surface area contributed by atoms with Crippen molar-refractivity contribution >= 4 is 17.6 Å². The van der Waals surface area contributed by atoms with Crippen molar-refractivity contribution in [2.75, 3.05) is 12.3 Å². The third-order valence-electron chi connectivity index (χ3n) is 1.58. The molecule has 1 aromatic rings. The number of nitrogens with one attached hydrogen (secondary N) is 1. The molecule has 2 amide bonds. The lowest BCUT2D eigenvalue weighted by Gasteiger charge is -2.04. The van der Waals surface area contributed by atoms with Crippen LogP contribution < -0.4 is 16.8 Å². The van der Waals surface area contributed by atoms with Crippen molar-refractivity contribution in [2.45, 2.75) is 0 Å². The molecule has 5 N–H and O–H groups in total. The summed E-state index contributed by atoms with van der Waals surface area (Å²) in [5, 5.41) is 2.13. The highest BCUT2D eigenvalue weighted by Gasteiger charge is 2.14. The fraction of sp³-hybridized carbons (Fsp3) is 0.125. The minimum Gasteiger partial charge on any atom is -0.381 e. The molecule has 7 heteroatoms. The summed E-state index contributed by atoms with van der Waals surface area (Å²) in [5.74, 6) is -2.77. The monoisotopic (exact) mass is 212 g/mol. The lowest BCUT2D eigenvalue weighted by Crippen LogP contribution is -2.33. The van der Waals surface area contributed by atoms with Crippen LogP contribution >= 0.6 is 0 Å². The van der Waals surface area contributed by atoms with Crippen molar-refractivity contribution in [3.05, 3.63) is 23.6 Å². The molecule has 0 unspecified atom stereocenters. The van der Waals surface area contributed by atoms with Crippen LogP contribution in [0.2, 0.25) is 0 Å². The normalized spacial score (nSPS) is 9.67. The van der Waals surface area contributed by atoms with Gasteiger partial charge in [0.1, 0.15) is 0 Å². The number of hydrogen-bond acceptors (Lipinski definition) is 4. The van der Waals surface area contributed by atoms with Crippen molar-refractivity contribution in [1.29, 1.82) is 0 Å². The van der Waals surface area contributed by atoms with Crippen LogP contribution in [0, 0.1) is 5.82 Å². The Bertz CT molecular complexity index is 408. The molecule has 1 heterocycles. The molecule has 0 spiro atoms. The quantitative estimate of drug-likeness (QED) is 0.597. The van der Waals surface area contributed by atoms with Gasteiger partial charge in [-0.05, 0) is 6.07 Å². The van der Waals surface area contributed by atoms with Crippen LogP contribution in [0.3, 0.4) is 0 Å². The summed E-state index contributed by atoms with van der Waals surface area (Å²) in [4.78, 5) is 25.1. The highest BCUT2D eigenvalue weighted by atomic mass is 19.1. The van der Waals surface area contributed by atoms with E-state index in [-0.39, 0.29) is 17.9 Å². The van der Waals surface area contributed by atoms with Crippen molar-refractivity contribution in [1.82, 2.24) is 10.3 Å². The minimum absolute atomic E-state index is 0.274. The summed E-state index contributed by atoms with van der Waals surface area (Å²) in [6.07, 6.45) is 1.19. The first-order chi connectivity index (χ1) is 7.02. The second kappa shape index (κ2) is 4.36. The number of nitrogen functional groups attached to an aromatic ring is 1. The summed E-state index contributed by atoms with van der Waals surface area (Å²) < 4.78 is 13.2. The van der Waals surface area contributed by atoms with E-state index in [0.29, 0.717) is 0 Å². The number of nitrogens with zero attached hydrogens (tertiary/aromatic N) is 1. The zero-order valence-electron chi connectivity index (χ0n) is 7.66. The number of carbonyl (C=O) groups excluding carboxylic acids is 2. The van der Waals surface area contributed by atoms with Crippen LogP contribution in [-0.4, -0.2) is 23.3 Å². The number of primary amides is 1. The third kappa shape index (κ3) is 2.63. The number of carbonyl (C=O) groups is 2. The molecular weight excluding hydrogens is 203 g/mol. The van der Waals surface area contributed by atoms with Crippen molar-refractivity contribution < 1.29 is 14.0 Å². The largest absolute Gasteiger partial charge is 0.381 e. The van der Waals surface area contributed by atoms with Crippen LogP contribution in [0.15, 0.2) is 12.3 Å². The van der Waals surface area contributed by atoms with E-state index in [9.17, 15) is 14.0 Å². The lowest BCUT2D eigenvalue weighted by atomic mass is 10.2. The summed E-state index contributed by atoms with van der Waals surface area (Å²) in [7, 11) is 0. The number of halogens is 1. The molecule has 0 fully saturated rings. The SMILES string of the molecule is NC(=O)CNC(=O)c1ccnc(N)c1F. The molecule has 15 heavy (non-hydrogen) atoms. The van der Waals surface area contributed by atoms with E-state index in [1.807, 2.05) is 0 Å². The van der Waals surface area contributed by atoms with Crippen LogP contribution in [0.4, 0.5) is 10.2 Å². The highest BCUT2D eigenvalue weighted by Crippen LogP contribution is 2.11. The zero-order chi connectivity index (χ0) is 11.4. The molecule has 0 bridgehead atoms. The fourth-order valence-corrected chi connectivity index (χ4v) is 0.898. The summed E-state index contributed by atoms with van der Waals surface area (Å²) in [5.41, 5.74) is 9.68. The molecule has 0 radical (unpaired) electrons. The second-order valence-corrected chi connectivity index (χ2v) is 2.71. The topological polar surface area (TPSA) is 111 Å². The predicted molar refractivity (Wildman–Crippen MR) is 50.1 cm³/mol. The average Bonchev–Trinajstić information content (AvgIpc) is 2.18. The van der Waals surface area contributed by atoms with E-state index < -0.39 is 17.6 Å². The third-order valence-corrected chi connectivity index (χ3v) is 1.58. The Morgan fingerprint density at radius 1 is 1.53 bits per heavy atom. The maximum absolute atomic E-state index is 13.2. The second-order valence-electron chi connectivity index (χ2n) is 2.71. The Balaban J connectivity index is 2.82. The summed E-state index contributed by atoms with van der Waals surface area (Å²) >= 11 is 0. The molecule has 0 aliphatic rings. The maximum Gasteiger partial charge on any atom is 0.254 e. The number of anilines is 1. The van der Waals surface area contributed by atoms with Gasteiger partial charge in [0.25, 0.3) is 5.91 Å². The van der Waals surface area contributed by atoms with Gasteiger partial charge >= 0.3 is 0 Å². The van der Waals surface area contributed by atoms with Crippen molar-refractivity contribution in [3.63, 3.8) is 0 Å². The molecule has 0 atom stereocenters. The first-order valence-corrected chi connectivity index (χ1v) is 3.99. The molecule has 0 saturated carbocycles. The number of amides is 2. The lowest BCUT2D eigenvalue weighted by molar-refractivity contribution is -0.117. The van der Waals surface area contributed by atoms with Crippen molar-refractivity contribution in [2.24, 2.45) is 5.73 Å². The van der Waals surface area contributed by atoms with E-state index in [4.69, 9.17) is 11.5 Å². The van der Waals surface area contributed by atoms with Crippen molar-refractivity contribution in [3.8, 4) is 0 Å². The zero-order valence-corrected chi connectivity index (χ0v) is 7.66. The Kier molecular flexibility index (Phi) is 3.17. The molecule has 0 saturated heterocycles. The minimum atomic E-state index is -0.917. The Hall–Kier alpha value is -2.18. The smallest absolute Gasteiger partial charge is 0.254 e. The fourth-order valence-electron chi connectivity index (χ4n) is 0.898. The Labute approximate surface area is 84.5 Å². The predicted octanol–water partition coefficient (Wildman–Crippen LogP) is -0.982. The van der Waals surface area contributed by atoms with E-state index in [1.165, 1.54) is 6.20 Å². The molecule has 0 aliphatic heterocycles. The summed E-state index contributed by atoms with van der Waals surface area (Å²) in [6, 6.07) is 1.15. The van der Waals surface area contributed by atoms with E-state index in [2.05, 4.69) is 10.3 Å². The van der Waals surface area contributed by atoms with Crippen LogP contribution in [0.25, 0.3) is 0 Å². The van der Waals surface area contributed by atoms with Gasteiger partial charge in [0.05, 0.1) is 12.1 Å². The summed E-state index contributed by atoms with van der Waals surface area (Å²) in [6.45, 7) is -0.361. The molecule has 6 nitrogen and oxygen atoms in total. The number of aromatic nitrogens is 1. The Morgan fingerprint density at radius 3 is 2.80 bits per heavy atom. The van der Waals surface area contributed by atoms with E-state index in [0.717, 1.165) is 6.07 Å². The van der Waals surface area contributed by atoms with Crippen LogP contribution in [0.5, 0.6) is 0 Å². The molecular formula is C8H9FN4O2. The number of pyridine rings is 1. The van der Waals surface area contributed by atoms with Gasteiger partial charge in [-0.15, -0.1) is 0 Å². The first-order valence-electron chi connectivity index (χ1n) is 3.99. The Morgan fingerprint density at radius 2 is 2.20 bits per heavy atom. The molecule has 0 aromatic carbocycles. The van der Waals surface area contributed by atoms with Gasteiger partial charge in [0.2, 0.25) is 5.91 Å². The van der Waals surface area contributed by atoms with Gasteiger partial charge in [-0.2, -0.15) is 0 Å². The van der Waals surface area contributed by atoms with E-state index in [1.54, 1.807) is 0 Å². The standard InChI is InChI=1S/C8H9FN4O2/c9-6-4(1-2-12-7(6)11)8(15)13-3-5(10)14/h1-2H,3H2,(H2,10,14)(H2,11,12)(H,13,15). The van der Waals surface area contributed by atoms with Gasteiger partial charge in [0.15, 0.2) is 11.6 Å². The maximum atomic E-state index is 13.2. The molecule has 0 aliphatic carbocycles.